The molecule has 1 aliphatic heterocycles. The summed E-state index contributed by atoms with van der Waals surface area (Å²) in [6.45, 7) is 3.46. The van der Waals surface area contributed by atoms with E-state index in [1.807, 2.05) is 0 Å². The molecule has 0 saturated carbocycles. The normalized spacial score (nSPS) is 34.1. The molecule has 2 N–H and O–H groups in total. The van der Waals surface area contributed by atoms with E-state index in [-0.39, 0.29) is 25.1 Å². The monoisotopic (exact) mass is 204 g/mol. The Balaban J connectivity index is 2.37. The summed E-state index contributed by atoms with van der Waals surface area (Å²) in [5, 5.41) is 18.7. The Hall–Kier alpha value is -0.650. The molecule has 0 aromatic carbocycles. The molecule has 0 aromatic rings. The van der Waals surface area contributed by atoms with Crippen LogP contribution in [0.15, 0.2) is 0 Å². The highest BCUT2D eigenvalue weighted by atomic mass is 16.5. The first kappa shape index (κ1) is 11.4. The number of ether oxygens (including phenoxy) is 2. The van der Waals surface area contributed by atoms with Gasteiger partial charge in [-0.15, -0.1) is 0 Å². The number of carbonyl (C=O) groups excluding carboxylic acids is 1. The van der Waals surface area contributed by atoms with Crippen LogP contribution in [-0.2, 0) is 14.3 Å². The van der Waals surface area contributed by atoms with Gasteiger partial charge < -0.3 is 19.7 Å². The third kappa shape index (κ3) is 2.67. The van der Waals surface area contributed by atoms with Gasteiger partial charge in [-0.3, -0.25) is 4.79 Å². The molecule has 1 heterocycles. The van der Waals surface area contributed by atoms with Crippen molar-refractivity contribution in [1.29, 1.82) is 0 Å². The van der Waals surface area contributed by atoms with Crippen LogP contribution in [0.5, 0.6) is 0 Å². The molecule has 1 rings (SSSR count). The lowest BCUT2D eigenvalue weighted by Crippen LogP contribution is -2.36. The predicted octanol–water partition coefficient (Wildman–Crippen LogP) is -0.694. The van der Waals surface area contributed by atoms with E-state index < -0.39 is 18.3 Å². The Morgan fingerprint density at radius 2 is 2.29 bits per heavy atom. The number of esters is 1. The van der Waals surface area contributed by atoms with Crippen LogP contribution in [-0.4, -0.2) is 47.7 Å². The molecule has 0 spiro atoms. The fraction of sp³-hybridized carbons (Fsp3) is 0.889. The standard InChI is InChI=1S/C9H16O5/c1-5(3-13-6(2)10)9-8(12)7(11)4-14-9/h5,7-9,11-12H,3-4H2,1-2H3/t5?,7-,8+,9?/m1/s1. The van der Waals surface area contributed by atoms with Gasteiger partial charge in [0.25, 0.3) is 0 Å². The zero-order valence-electron chi connectivity index (χ0n) is 8.34. The summed E-state index contributed by atoms with van der Waals surface area (Å²) in [4.78, 5) is 10.5. The molecule has 5 nitrogen and oxygen atoms in total. The van der Waals surface area contributed by atoms with Crippen molar-refractivity contribution in [3.8, 4) is 0 Å². The molecule has 0 bridgehead atoms. The van der Waals surface area contributed by atoms with Crippen molar-refractivity contribution in [3.63, 3.8) is 0 Å². The van der Waals surface area contributed by atoms with Crippen LogP contribution >= 0.6 is 0 Å². The Morgan fingerprint density at radius 1 is 1.64 bits per heavy atom. The molecule has 0 radical (unpaired) electrons. The third-order valence-corrected chi connectivity index (χ3v) is 2.30. The van der Waals surface area contributed by atoms with E-state index in [1.54, 1.807) is 6.92 Å². The number of hydrogen-bond donors (Lipinski definition) is 2. The molecule has 1 fully saturated rings. The number of aliphatic hydroxyl groups excluding tert-OH is 2. The second-order valence-electron chi connectivity index (χ2n) is 3.64. The highest BCUT2D eigenvalue weighted by Crippen LogP contribution is 2.21. The first-order chi connectivity index (χ1) is 6.52. The van der Waals surface area contributed by atoms with E-state index >= 15 is 0 Å². The number of hydrogen-bond acceptors (Lipinski definition) is 5. The highest BCUT2D eigenvalue weighted by Gasteiger charge is 2.38. The Kier molecular flexibility index (Phi) is 3.86. The zero-order chi connectivity index (χ0) is 10.7. The number of rotatable bonds is 3. The van der Waals surface area contributed by atoms with Gasteiger partial charge in [-0.25, -0.2) is 0 Å². The molecular formula is C9H16O5. The summed E-state index contributed by atoms with van der Waals surface area (Å²) >= 11 is 0. The molecule has 2 unspecified atom stereocenters. The summed E-state index contributed by atoms with van der Waals surface area (Å²) in [5.74, 6) is -0.476. The maximum Gasteiger partial charge on any atom is 0.302 e. The lowest BCUT2D eigenvalue weighted by molar-refractivity contribution is -0.144. The first-order valence-electron chi connectivity index (χ1n) is 4.63. The van der Waals surface area contributed by atoms with E-state index in [9.17, 15) is 15.0 Å². The fourth-order valence-corrected chi connectivity index (χ4v) is 1.47. The van der Waals surface area contributed by atoms with Gasteiger partial charge in [0, 0.05) is 12.8 Å². The predicted molar refractivity (Wildman–Crippen MR) is 47.6 cm³/mol. The van der Waals surface area contributed by atoms with Gasteiger partial charge in [0.1, 0.15) is 12.2 Å². The van der Waals surface area contributed by atoms with E-state index in [0.717, 1.165) is 0 Å². The maximum atomic E-state index is 10.5. The van der Waals surface area contributed by atoms with Gasteiger partial charge in [-0.2, -0.15) is 0 Å². The first-order valence-corrected chi connectivity index (χ1v) is 4.63. The Morgan fingerprint density at radius 3 is 2.71 bits per heavy atom. The Bertz CT molecular complexity index is 205. The van der Waals surface area contributed by atoms with E-state index in [1.165, 1.54) is 6.92 Å². The lowest BCUT2D eigenvalue weighted by atomic mass is 10.00. The largest absolute Gasteiger partial charge is 0.465 e. The second-order valence-corrected chi connectivity index (χ2v) is 3.64. The topological polar surface area (TPSA) is 76.0 Å². The molecule has 14 heavy (non-hydrogen) atoms. The van der Waals surface area contributed by atoms with Crippen LogP contribution in [0, 0.1) is 5.92 Å². The molecule has 0 aliphatic carbocycles. The highest BCUT2D eigenvalue weighted by molar-refractivity contribution is 5.65. The SMILES string of the molecule is CC(=O)OCC(C)C1OC[C@@H](O)[C@@H]1O. The molecule has 4 atom stereocenters. The zero-order valence-corrected chi connectivity index (χ0v) is 8.34. The van der Waals surface area contributed by atoms with E-state index in [0.29, 0.717) is 0 Å². The second kappa shape index (κ2) is 4.72. The van der Waals surface area contributed by atoms with Gasteiger partial charge in [-0.05, 0) is 0 Å². The van der Waals surface area contributed by atoms with Crippen molar-refractivity contribution in [2.45, 2.75) is 32.2 Å². The third-order valence-electron chi connectivity index (χ3n) is 2.30. The summed E-state index contributed by atoms with van der Waals surface area (Å²) in [6.07, 6.45) is -2.18. The maximum absolute atomic E-state index is 10.5. The molecule has 5 heteroatoms. The Labute approximate surface area is 82.6 Å². The summed E-state index contributed by atoms with van der Waals surface area (Å²) in [5.41, 5.74) is 0. The van der Waals surface area contributed by atoms with Crippen molar-refractivity contribution in [1.82, 2.24) is 0 Å². The minimum atomic E-state index is -0.888. The van der Waals surface area contributed by atoms with Gasteiger partial charge in [0.2, 0.25) is 0 Å². The molecule has 1 aliphatic rings. The molecular weight excluding hydrogens is 188 g/mol. The van der Waals surface area contributed by atoms with Crippen LogP contribution in [0.1, 0.15) is 13.8 Å². The summed E-state index contributed by atoms with van der Waals surface area (Å²) < 4.78 is 9.97. The van der Waals surface area contributed by atoms with Gasteiger partial charge in [0.05, 0.1) is 19.3 Å². The van der Waals surface area contributed by atoms with Crippen molar-refractivity contribution in [2.24, 2.45) is 5.92 Å². The smallest absolute Gasteiger partial charge is 0.302 e. The quantitative estimate of drug-likeness (QED) is 0.595. The van der Waals surface area contributed by atoms with E-state index in [4.69, 9.17) is 9.47 Å². The van der Waals surface area contributed by atoms with Crippen LogP contribution in [0.25, 0.3) is 0 Å². The number of aliphatic hydroxyl groups is 2. The molecule has 0 amide bonds. The van der Waals surface area contributed by atoms with Crippen molar-refractivity contribution >= 4 is 5.97 Å². The summed E-state index contributed by atoms with van der Waals surface area (Å²) in [6, 6.07) is 0. The molecule has 82 valence electrons. The van der Waals surface area contributed by atoms with Crippen molar-refractivity contribution < 1.29 is 24.5 Å². The average Bonchev–Trinajstić information content (AvgIpc) is 2.44. The average molecular weight is 204 g/mol. The van der Waals surface area contributed by atoms with Crippen molar-refractivity contribution in [2.75, 3.05) is 13.2 Å². The van der Waals surface area contributed by atoms with E-state index in [2.05, 4.69) is 0 Å². The van der Waals surface area contributed by atoms with Gasteiger partial charge in [-0.1, -0.05) is 6.92 Å². The molecule has 0 aromatic heterocycles. The van der Waals surface area contributed by atoms with Crippen LogP contribution in [0.2, 0.25) is 0 Å². The minimum absolute atomic E-state index is 0.119. The van der Waals surface area contributed by atoms with Crippen LogP contribution < -0.4 is 0 Å². The van der Waals surface area contributed by atoms with Crippen LogP contribution in [0.3, 0.4) is 0 Å². The number of carbonyl (C=O) groups is 1. The van der Waals surface area contributed by atoms with Gasteiger partial charge in [0.15, 0.2) is 0 Å². The van der Waals surface area contributed by atoms with Crippen LogP contribution in [0.4, 0.5) is 0 Å². The van der Waals surface area contributed by atoms with Gasteiger partial charge >= 0.3 is 5.97 Å². The fourth-order valence-electron chi connectivity index (χ4n) is 1.47. The summed E-state index contributed by atoms with van der Waals surface area (Å²) in [7, 11) is 0. The van der Waals surface area contributed by atoms with Crippen molar-refractivity contribution in [3.05, 3.63) is 0 Å². The lowest BCUT2D eigenvalue weighted by Gasteiger charge is -2.21. The minimum Gasteiger partial charge on any atom is -0.465 e. The molecule has 1 saturated heterocycles.